The minimum absolute atomic E-state index is 0.184. The predicted octanol–water partition coefficient (Wildman–Crippen LogP) is 3.09. The van der Waals surface area contributed by atoms with E-state index in [0.29, 0.717) is 17.3 Å². The van der Waals surface area contributed by atoms with Crippen molar-refractivity contribution in [2.45, 2.75) is 19.4 Å². The fourth-order valence-electron chi connectivity index (χ4n) is 3.19. The Labute approximate surface area is 151 Å². The highest BCUT2D eigenvalue weighted by Crippen LogP contribution is 2.21. The molecule has 0 spiro atoms. The third kappa shape index (κ3) is 4.90. The van der Waals surface area contributed by atoms with E-state index >= 15 is 0 Å². The molecule has 1 aliphatic heterocycles. The van der Waals surface area contributed by atoms with E-state index in [1.807, 2.05) is 6.07 Å². The molecule has 132 valence electrons. The largest absolute Gasteiger partial charge is 0.477 e. The molecule has 2 heterocycles. The molecular weight excluding hydrogens is 336 g/mol. The maximum atomic E-state index is 12.1. The number of aromatic carboxylic acids is 1. The highest BCUT2D eigenvalue weighted by atomic mass is 32.1. The topological polar surface area (TPSA) is 69.6 Å². The minimum Gasteiger partial charge on any atom is -0.477 e. The van der Waals surface area contributed by atoms with Crippen molar-refractivity contribution in [1.82, 2.24) is 10.2 Å². The van der Waals surface area contributed by atoms with Crippen LogP contribution in [0.15, 0.2) is 42.5 Å². The molecule has 1 atom stereocenters. The molecule has 1 fully saturated rings. The summed E-state index contributed by atoms with van der Waals surface area (Å²) in [5.74, 6) is -0.577. The molecule has 5 nitrogen and oxygen atoms in total. The monoisotopic (exact) mass is 358 g/mol. The molecule has 3 rings (SSSR count). The lowest BCUT2D eigenvalue weighted by atomic mass is 10.1. The van der Waals surface area contributed by atoms with Gasteiger partial charge in [-0.1, -0.05) is 30.3 Å². The fourth-order valence-corrected chi connectivity index (χ4v) is 3.95. The molecule has 1 amide bonds. The fraction of sp³-hybridized carbons (Fsp3) is 0.368. The van der Waals surface area contributed by atoms with Gasteiger partial charge in [-0.25, -0.2) is 4.79 Å². The van der Waals surface area contributed by atoms with E-state index in [4.69, 9.17) is 5.11 Å². The smallest absolute Gasteiger partial charge is 0.345 e. The maximum Gasteiger partial charge on any atom is 0.345 e. The zero-order valence-electron chi connectivity index (χ0n) is 14.0. The number of amides is 1. The van der Waals surface area contributed by atoms with Crippen LogP contribution in [-0.2, 0) is 6.54 Å². The van der Waals surface area contributed by atoms with Crippen molar-refractivity contribution >= 4 is 23.2 Å². The molecule has 0 aliphatic carbocycles. The summed E-state index contributed by atoms with van der Waals surface area (Å²) in [6.07, 6.45) is 2.11. The van der Waals surface area contributed by atoms with Crippen molar-refractivity contribution < 1.29 is 14.7 Å². The van der Waals surface area contributed by atoms with E-state index < -0.39 is 5.97 Å². The van der Waals surface area contributed by atoms with E-state index in [0.717, 1.165) is 43.8 Å². The Balaban J connectivity index is 1.39. The number of carboxylic acid groups (broad SMARTS) is 1. The van der Waals surface area contributed by atoms with Gasteiger partial charge in [-0.15, -0.1) is 11.3 Å². The molecule has 1 aromatic heterocycles. The number of carboxylic acids is 1. The standard InChI is InChI=1S/C19H22N2O3S/c22-18(16-6-7-17(25-16)19(23)24)20-10-8-15-9-11-21(13-15)12-14-4-2-1-3-5-14/h1-7,15H,8-13H2,(H,20,22)(H,23,24)/t15-/m0/s1. The normalized spacial score (nSPS) is 17.5. The van der Waals surface area contributed by atoms with Crippen molar-refractivity contribution in [3.05, 3.63) is 57.8 Å². The van der Waals surface area contributed by atoms with Crippen LogP contribution in [0.1, 0.15) is 37.7 Å². The molecule has 0 saturated carbocycles. The molecule has 1 aliphatic rings. The van der Waals surface area contributed by atoms with E-state index in [1.54, 1.807) is 6.07 Å². The van der Waals surface area contributed by atoms with Gasteiger partial charge in [0.25, 0.3) is 5.91 Å². The van der Waals surface area contributed by atoms with Crippen molar-refractivity contribution in [3.8, 4) is 0 Å². The molecule has 6 heteroatoms. The Morgan fingerprint density at radius 3 is 2.64 bits per heavy atom. The molecule has 2 N–H and O–H groups in total. The highest BCUT2D eigenvalue weighted by molar-refractivity contribution is 7.15. The van der Waals surface area contributed by atoms with Gasteiger partial charge in [-0.2, -0.15) is 0 Å². The molecule has 25 heavy (non-hydrogen) atoms. The lowest BCUT2D eigenvalue weighted by Crippen LogP contribution is -2.26. The number of nitrogens with zero attached hydrogens (tertiary/aromatic N) is 1. The number of likely N-dealkylation sites (tertiary alicyclic amines) is 1. The number of rotatable bonds is 7. The van der Waals surface area contributed by atoms with Gasteiger partial charge in [0.15, 0.2) is 0 Å². The molecule has 0 bridgehead atoms. The quantitative estimate of drug-likeness (QED) is 0.798. The van der Waals surface area contributed by atoms with E-state index in [-0.39, 0.29) is 10.8 Å². The summed E-state index contributed by atoms with van der Waals surface area (Å²) in [6.45, 7) is 3.77. The van der Waals surface area contributed by atoms with E-state index in [1.165, 1.54) is 11.6 Å². The first-order valence-electron chi connectivity index (χ1n) is 8.49. The molecule has 1 saturated heterocycles. The number of hydrogen-bond acceptors (Lipinski definition) is 4. The third-order valence-electron chi connectivity index (χ3n) is 4.50. The van der Waals surface area contributed by atoms with Gasteiger partial charge in [0.1, 0.15) is 4.88 Å². The summed E-state index contributed by atoms with van der Waals surface area (Å²) in [5.41, 5.74) is 1.34. The van der Waals surface area contributed by atoms with Crippen LogP contribution in [-0.4, -0.2) is 41.5 Å². The van der Waals surface area contributed by atoms with Gasteiger partial charge < -0.3 is 10.4 Å². The lowest BCUT2D eigenvalue weighted by molar-refractivity contribution is 0.0702. The first kappa shape index (κ1) is 17.6. The van der Waals surface area contributed by atoms with Crippen molar-refractivity contribution in [2.24, 2.45) is 5.92 Å². The van der Waals surface area contributed by atoms with Gasteiger partial charge >= 0.3 is 5.97 Å². The Kier molecular flexibility index (Phi) is 5.83. The molecule has 1 aromatic carbocycles. The zero-order valence-corrected chi connectivity index (χ0v) is 14.8. The second-order valence-electron chi connectivity index (χ2n) is 6.39. The Morgan fingerprint density at radius 1 is 1.16 bits per heavy atom. The Morgan fingerprint density at radius 2 is 1.92 bits per heavy atom. The first-order chi connectivity index (χ1) is 12.1. The number of nitrogens with one attached hydrogen (secondary N) is 1. The minimum atomic E-state index is -0.992. The summed E-state index contributed by atoms with van der Waals surface area (Å²) in [5, 5.41) is 11.8. The SMILES string of the molecule is O=C(O)c1ccc(C(=O)NCC[C@H]2CCN(Cc3ccccc3)C2)s1. The van der Waals surface area contributed by atoms with Gasteiger partial charge in [-0.05, 0) is 43.0 Å². The van der Waals surface area contributed by atoms with E-state index in [2.05, 4.69) is 34.5 Å². The molecule has 0 radical (unpaired) electrons. The summed E-state index contributed by atoms with van der Waals surface area (Å²) < 4.78 is 0. The number of carbonyl (C=O) groups is 2. The summed E-state index contributed by atoms with van der Waals surface area (Å²) in [7, 11) is 0. The highest BCUT2D eigenvalue weighted by Gasteiger charge is 2.22. The Hall–Kier alpha value is -2.18. The lowest BCUT2D eigenvalue weighted by Gasteiger charge is -2.16. The maximum absolute atomic E-state index is 12.1. The van der Waals surface area contributed by atoms with E-state index in [9.17, 15) is 9.59 Å². The zero-order chi connectivity index (χ0) is 17.6. The van der Waals surface area contributed by atoms with Crippen molar-refractivity contribution in [3.63, 3.8) is 0 Å². The summed E-state index contributed by atoms with van der Waals surface area (Å²) in [4.78, 5) is 26.0. The van der Waals surface area contributed by atoms with Crippen LogP contribution in [0, 0.1) is 5.92 Å². The van der Waals surface area contributed by atoms with Gasteiger partial charge in [0, 0.05) is 19.6 Å². The van der Waals surface area contributed by atoms with Crippen LogP contribution >= 0.6 is 11.3 Å². The number of benzene rings is 1. The first-order valence-corrected chi connectivity index (χ1v) is 9.31. The average molecular weight is 358 g/mol. The Bertz CT molecular complexity index is 729. The molecular formula is C19H22N2O3S. The second kappa shape index (κ2) is 8.27. The molecule has 0 unspecified atom stereocenters. The summed E-state index contributed by atoms with van der Waals surface area (Å²) >= 11 is 1.01. The third-order valence-corrected chi connectivity index (χ3v) is 5.57. The summed E-state index contributed by atoms with van der Waals surface area (Å²) in [6, 6.07) is 13.5. The van der Waals surface area contributed by atoms with Gasteiger partial charge in [-0.3, -0.25) is 9.69 Å². The molecule has 2 aromatic rings. The number of thiophene rings is 1. The second-order valence-corrected chi connectivity index (χ2v) is 7.47. The van der Waals surface area contributed by atoms with Gasteiger partial charge in [0.2, 0.25) is 0 Å². The predicted molar refractivity (Wildman–Crippen MR) is 98.1 cm³/mol. The van der Waals surface area contributed by atoms with Crippen LogP contribution < -0.4 is 5.32 Å². The van der Waals surface area contributed by atoms with Crippen molar-refractivity contribution in [1.29, 1.82) is 0 Å². The number of hydrogen-bond donors (Lipinski definition) is 2. The van der Waals surface area contributed by atoms with Gasteiger partial charge in [0.05, 0.1) is 4.88 Å². The van der Waals surface area contributed by atoms with Crippen LogP contribution in [0.5, 0.6) is 0 Å². The van der Waals surface area contributed by atoms with Crippen LogP contribution in [0.25, 0.3) is 0 Å². The number of carbonyl (C=O) groups excluding carboxylic acids is 1. The van der Waals surface area contributed by atoms with Crippen LogP contribution in [0.3, 0.4) is 0 Å². The average Bonchev–Trinajstić information content (AvgIpc) is 3.25. The van der Waals surface area contributed by atoms with Crippen LogP contribution in [0.2, 0.25) is 0 Å². The van der Waals surface area contributed by atoms with Crippen LogP contribution in [0.4, 0.5) is 0 Å². The van der Waals surface area contributed by atoms with Crippen molar-refractivity contribution in [2.75, 3.05) is 19.6 Å².